The molecule has 7 nitrogen and oxygen atoms in total. The van der Waals surface area contributed by atoms with Gasteiger partial charge in [-0.25, -0.2) is 4.39 Å². The molecule has 0 radical (unpaired) electrons. The Morgan fingerprint density at radius 1 is 1.06 bits per heavy atom. The Morgan fingerprint density at radius 3 is 2.39 bits per heavy atom. The van der Waals surface area contributed by atoms with E-state index in [-0.39, 0.29) is 36.6 Å². The van der Waals surface area contributed by atoms with Gasteiger partial charge in [0.15, 0.2) is 5.76 Å². The van der Waals surface area contributed by atoms with Crippen LogP contribution in [-0.2, 0) is 22.6 Å². The lowest BCUT2D eigenvalue weighted by atomic mass is 9.99. The average Bonchev–Trinajstić information content (AvgIpc) is 3.35. The molecule has 0 spiro atoms. The van der Waals surface area contributed by atoms with Gasteiger partial charge < -0.3 is 14.6 Å². The Labute approximate surface area is 189 Å². The zero-order chi connectivity index (χ0) is 23.5. The number of likely N-dealkylation sites (tertiary alicyclic amines) is 1. The average molecular weight is 448 g/mol. The SMILES string of the molecule is CN1CC(C(=O)c2cc(C(=O)NCc3ccccc3)c(Cc3ccc(F)cc3)o2)C(=O)C1=O. The lowest BCUT2D eigenvalue weighted by Gasteiger charge is -2.06. The summed E-state index contributed by atoms with van der Waals surface area (Å²) in [5.41, 5.74) is 1.71. The number of rotatable bonds is 7. The zero-order valence-electron chi connectivity index (χ0n) is 17.8. The van der Waals surface area contributed by atoms with Crippen LogP contribution in [0.4, 0.5) is 4.39 Å². The van der Waals surface area contributed by atoms with Gasteiger partial charge in [-0.2, -0.15) is 0 Å². The van der Waals surface area contributed by atoms with Gasteiger partial charge in [-0.05, 0) is 23.3 Å². The van der Waals surface area contributed by atoms with Gasteiger partial charge >= 0.3 is 0 Å². The van der Waals surface area contributed by atoms with E-state index in [1.165, 1.54) is 30.1 Å². The molecule has 1 aromatic heterocycles. The van der Waals surface area contributed by atoms with Crippen LogP contribution in [0.3, 0.4) is 0 Å². The highest BCUT2D eigenvalue weighted by Gasteiger charge is 2.43. The van der Waals surface area contributed by atoms with E-state index in [0.717, 1.165) is 5.56 Å². The maximum atomic E-state index is 13.3. The third kappa shape index (κ3) is 4.74. The van der Waals surface area contributed by atoms with Crippen LogP contribution in [0, 0.1) is 11.7 Å². The predicted molar refractivity (Wildman–Crippen MR) is 116 cm³/mol. The number of hydrogen-bond acceptors (Lipinski definition) is 5. The van der Waals surface area contributed by atoms with Gasteiger partial charge in [0.1, 0.15) is 17.5 Å². The molecule has 3 aromatic rings. The van der Waals surface area contributed by atoms with Gasteiger partial charge in [0, 0.05) is 32.6 Å². The molecule has 2 heterocycles. The molecular weight excluding hydrogens is 427 g/mol. The monoisotopic (exact) mass is 448 g/mol. The van der Waals surface area contributed by atoms with E-state index in [9.17, 15) is 23.6 Å². The maximum absolute atomic E-state index is 13.3. The number of hydrogen-bond donors (Lipinski definition) is 1. The summed E-state index contributed by atoms with van der Waals surface area (Å²) in [7, 11) is 1.44. The van der Waals surface area contributed by atoms with Gasteiger partial charge in [-0.1, -0.05) is 42.5 Å². The number of nitrogens with zero attached hydrogens (tertiary/aromatic N) is 1. The third-order valence-electron chi connectivity index (χ3n) is 5.52. The van der Waals surface area contributed by atoms with Gasteiger partial charge in [0.2, 0.25) is 11.6 Å². The fourth-order valence-corrected chi connectivity index (χ4v) is 3.69. The summed E-state index contributed by atoms with van der Waals surface area (Å²) in [5.74, 6) is -4.17. The number of halogens is 1. The van der Waals surface area contributed by atoms with Crippen molar-refractivity contribution in [1.29, 1.82) is 0 Å². The van der Waals surface area contributed by atoms with Crippen molar-refractivity contribution in [3.8, 4) is 0 Å². The second-order valence-corrected chi connectivity index (χ2v) is 7.89. The third-order valence-corrected chi connectivity index (χ3v) is 5.52. The first kappa shape index (κ1) is 22.1. The summed E-state index contributed by atoms with van der Waals surface area (Å²) in [6.45, 7) is 0.227. The second-order valence-electron chi connectivity index (χ2n) is 7.89. The standard InChI is InChI=1S/C25H21FN2O5/c1-28-14-19(23(30)25(28)32)22(29)21-12-18(24(31)27-13-16-5-3-2-4-6-16)20(33-21)11-15-7-9-17(26)10-8-15/h2-10,12,19H,11,13-14H2,1H3,(H,27,31). The number of likely N-dealkylation sites (N-methyl/N-ethyl adjacent to an activating group) is 1. The molecule has 0 aliphatic carbocycles. The molecule has 1 N–H and O–H groups in total. The van der Waals surface area contributed by atoms with Crippen LogP contribution in [0.5, 0.6) is 0 Å². The fourth-order valence-electron chi connectivity index (χ4n) is 3.69. The molecule has 1 unspecified atom stereocenters. The molecule has 0 saturated carbocycles. The van der Waals surface area contributed by atoms with E-state index in [0.29, 0.717) is 5.56 Å². The van der Waals surface area contributed by atoms with Crippen LogP contribution in [-0.4, -0.2) is 41.9 Å². The van der Waals surface area contributed by atoms with Gasteiger partial charge in [-0.15, -0.1) is 0 Å². The minimum absolute atomic E-state index is 0.0416. The number of carbonyl (C=O) groups excluding carboxylic acids is 4. The molecule has 1 atom stereocenters. The van der Waals surface area contributed by atoms with Crippen LogP contribution < -0.4 is 5.32 Å². The second kappa shape index (κ2) is 9.20. The molecule has 1 fully saturated rings. The molecule has 1 saturated heterocycles. The number of benzene rings is 2. The Balaban J connectivity index is 1.61. The molecule has 8 heteroatoms. The first-order valence-corrected chi connectivity index (χ1v) is 10.4. The van der Waals surface area contributed by atoms with Crippen molar-refractivity contribution < 1.29 is 28.0 Å². The Bertz CT molecular complexity index is 1220. The molecule has 33 heavy (non-hydrogen) atoms. The minimum Gasteiger partial charge on any atom is -0.457 e. The first-order chi connectivity index (χ1) is 15.8. The van der Waals surface area contributed by atoms with Crippen LogP contribution in [0.15, 0.2) is 65.1 Å². The number of Topliss-reactive ketones (excluding diaryl/α,β-unsaturated/α-hetero) is 2. The van der Waals surface area contributed by atoms with Crippen molar-refractivity contribution in [3.63, 3.8) is 0 Å². The van der Waals surface area contributed by atoms with E-state index < -0.39 is 35.1 Å². The summed E-state index contributed by atoms with van der Waals surface area (Å²) in [6, 6.07) is 16.3. The molecule has 168 valence electrons. The van der Waals surface area contributed by atoms with Crippen LogP contribution in [0.1, 0.15) is 37.8 Å². The normalized spacial score (nSPS) is 15.7. The number of furan rings is 1. The Hall–Kier alpha value is -4.07. The molecule has 1 aliphatic rings. The summed E-state index contributed by atoms with van der Waals surface area (Å²) >= 11 is 0. The maximum Gasteiger partial charge on any atom is 0.290 e. The zero-order valence-corrected chi connectivity index (χ0v) is 17.8. The minimum atomic E-state index is -1.17. The topological polar surface area (TPSA) is 96.7 Å². The number of nitrogens with one attached hydrogen (secondary N) is 1. The van der Waals surface area contributed by atoms with Crippen LogP contribution >= 0.6 is 0 Å². The highest BCUT2D eigenvalue weighted by atomic mass is 19.1. The number of amides is 2. The van der Waals surface area contributed by atoms with E-state index in [1.807, 2.05) is 30.3 Å². The van der Waals surface area contributed by atoms with E-state index in [1.54, 1.807) is 12.1 Å². The molecular formula is C25H21FN2O5. The molecule has 1 aliphatic heterocycles. The van der Waals surface area contributed by atoms with Gasteiger partial charge in [0.25, 0.3) is 11.8 Å². The largest absolute Gasteiger partial charge is 0.457 e. The van der Waals surface area contributed by atoms with Crippen molar-refractivity contribution in [2.24, 2.45) is 5.92 Å². The van der Waals surface area contributed by atoms with Crippen molar-refractivity contribution in [2.45, 2.75) is 13.0 Å². The van der Waals surface area contributed by atoms with Gasteiger partial charge in [0.05, 0.1) is 5.56 Å². The molecule has 4 rings (SSSR count). The molecule has 0 bridgehead atoms. The number of ketones is 2. The van der Waals surface area contributed by atoms with Crippen molar-refractivity contribution in [1.82, 2.24) is 10.2 Å². The van der Waals surface area contributed by atoms with Crippen molar-refractivity contribution in [3.05, 3.63) is 94.7 Å². The number of carbonyl (C=O) groups is 4. The highest BCUT2D eigenvalue weighted by molar-refractivity contribution is 6.43. The van der Waals surface area contributed by atoms with Crippen molar-refractivity contribution in [2.75, 3.05) is 13.6 Å². The summed E-state index contributed by atoms with van der Waals surface area (Å²) in [5, 5.41) is 2.80. The molecule has 2 amide bonds. The summed E-state index contributed by atoms with van der Waals surface area (Å²) in [4.78, 5) is 51.0. The van der Waals surface area contributed by atoms with E-state index in [4.69, 9.17) is 4.42 Å². The van der Waals surface area contributed by atoms with Crippen LogP contribution in [0.2, 0.25) is 0 Å². The van der Waals surface area contributed by atoms with Gasteiger partial charge in [-0.3, -0.25) is 19.2 Å². The summed E-state index contributed by atoms with van der Waals surface area (Å²) in [6.07, 6.45) is 0.138. The van der Waals surface area contributed by atoms with Crippen LogP contribution in [0.25, 0.3) is 0 Å². The Kier molecular flexibility index (Phi) is 6.17. The lowest BCUT2D eigenvalue weighted by molar-refractivity contribution is -0.139. The highest BCUT2D eigenvalue weighted by Crippen LogP contribution is 2.25. The fraction of sp³-hybridized carbons (Fsp3) is 0.200. The van der Waals surface area contributed by atoms with E-state index >= 15 is 0 Å². The quantitative estimate of drug-likeness (QED) is 0.341. The predicted octanol–water partition coefficient (Wildman–Crippen LogP) is 2.78. The molecule has 2 aromatic carbocycles. The van der Waals surface area contributed by atoms with Crippen molar-refractivity contribution >= 4 is 23.4 Å². The first-order valence-electron chi connectivity index (χ1n) is 10.4. The summed E-state index contributed by atoms with van der Waals surface area (Å²) < 4.78 is 19.0. The smallest absolute Gasteiger partial charge is 0.290 e. The van der Waals surface area contributed by atoms with E-state index in [2.05, 4.69) is 5.32 Å². The Morgan fingerprint density at radius 2 is 1.76 bits per heavy atom. The lowest BCUT2D eigenvalue weighted by Crippen LogP contribution is -2.24.